The Kier molecular flexibility index (Phi) is 5.53. The lowest BCUT2D eigenvalue weighted by Crippen LogP contribution is -2.58. The molecular formula is C21H27N5O3. The molecule has 2 aliphatic rings. The first-order valence-electron chi connectivity index (χ1n) is 10.0. The fraction of sp³-hybridized carbons (Fsp3) is 0.476. The quantitative estimate of drug-likeness (QED) is 0.780. The number of hydrogen-bond acceptors (Lipinski definition) is 5. The largest absolute Gasteiger partial charge is 0.497 e. The highest BCUT2D eigenvalue weighted by Gasteiger charge is 2.36. The van der Waals surface area contributed by atoms with Crippen molar-refractivity contribution in [3.63, 3.8) is 0 Å². The number of ether oxygens (including phenoxy) is 1. The second-order valence-electron chi connectivity index (χ2n) is 7.58. The Hall–Kier alpha value is -2.87. The Morgan fingerprint density at radius 3 is 2.45 bits per heavy atom. The van der Waals surface area contributed by atoms with Crippen LogP contribution in [0.2, 0.25) is 0 Å². The van der Waals surface area contributed by atoms with Gasteiger partial charge >= 0.3 is 0 Å². The van der Waals surface area contributed by atoms with E-state index in [0.717, 1.165) is 30.8 Å². The van der Waals surface area contributed by atoms with Crippen molar-refractivity contribution in [2.45, 2.75) is 18.9 Å². The minimum absolute atomic E-state index is 0.0271. The Morgan fingerprint density at radius 2 is 1.83 bits per heavy atom. The maximum absolute atomic E-state index is 13.1. The average molecular weight is 397 g/mol. The van der Waals surface area contributed by atoms with Gasteiger partial charge in [0, 0.05) is 51.5 Å². The molecule has 2 fully saturated rings. The standard InChI is InChI=1S/C21H27N5O3/c1-23-15-17(14-22-23)26-9-3-4-19(21(26)28)24-10-12-25(13-11-24)20(27)16-5-7-18(29-2)8-6-16/h5-8,14-15,19H,3-4,9-13H2,1-2H3/t19-/m1/s1. The summed E-state index contributed by atoms with van der Waals surface area (Å²) in [5.41, 5.74) is 1.52. The summed E-state index contributed by atoms with van der Waals surface area (Å²) in [5, 5.41) is 4.19. The summed E-state index contributed by atoms with van der Waals surface area (Å²) >= 11 is 0. The van der Waals surface area contributed by atoms with Crippen LogP contribution >= 0.6 is 0 Å². The van der Waals surface area contributed by atoms with Crippen LogP contribution in [0, 0.1) is 0 Å². The molecular weight excluding hydrogens is 370 g/mol. The molecule has 0 N–H and O–H groups in total. The molecule has 0 unspecified atom stereocenters. The van der Waals surface area contributed by atoms with Crippen LogP contribution in [0.5, 0.6) is 5.75 Å². The van der Waals surface area contributed by atoms with Crippen molar-refractivity contribution >= 4 is 17.5 Å². The number of nitrogens with zero attached hydrogens (tertiary/aromatic N) is 5. The maximum atomic E-state index is 13.1. The van der Waals surface area contributed by atoms with E-state index in [2.05, 4.69) is 10.00 Å². The third kappa shape index (κ3) is 3.98. The van der Waals surface area contributed by atoms with Gasteiger partial charge in [0.15, 0.2) is 0 Å². The number of benzene rings is 1. The van der Waals surface area contributed by atoms with Gasteiger partial charge in [-0.15, -0.1) is 0 Å². The molecule has 4 rings (SSSR count). The van der Waals surface area contributed by atoms with Gasteiger partial charge in [0.25, 0.3) is 5.91 Å². The summed E-state index contributed by atoms with van der Waals surface area (Å²) in [6, 6.07) is 7.07. The number of aryl methyl sites for hydroxylation is 1. The first-order valence-corrected chi connectivity index (χ1v) is 10.0. The Morgan fingerprint density at radius 1 is 1.10 bits per heavy atom. The summed E-state index contributed by atoms with van der Waals surface area (Å²) < 4.78 is 6.87. The predicted molar refractivity (Wildman–Crippen MR) is 109 cm³/mol. The van der Waals surface area contributed by atoms with E-state index in [9.17, 15) is 9.59 Å². The van der Waals surface area contributed by atoms with E-state index < -0.39 is 0 Å². The number of rotatable bonds is 4. The highest BCUT2D eigenvalue weighted by atomic mass is 16.5. The minimum Gasteiger partial charge on any atom is -0.497 e. The van der Waals surface area contributed by atoms with Crippen LogP contribution in [-0.4, -0.2) is 77.3 Å². The van der Waals surface area contributed by atoms with Crippen molar-refractivity contribution in [1.82, 2.24) is 19.6 Å². The monoisotopic (exact) mass is 397 g/mol. The summed E-state index contributed by atoms with van der Waals surface area (Å²) in [5.74, 6) is 0.902. The van der Waals surface area contributed by atoms with Gasteiger partial charge in [-0.3, -0.25) is 19.2 Å². The van der Waals surface area contributed by atoms with Gasteiger partial charge in [0.2, 0.25) is 5.91 Å². The van der Waals surface area contributed by atoms with Crippen LogP contribution in [0.3, 0.4) is 0 Å². The van der Waals surface area contributed by atoms with Crippen LogP contribution < -0.4 is 9.64 Å². The molecule has 29 heavy (non-hydrogen) atoms. The fourth-order valence-electron chi connectivity index (χ4n) is 4.15. The van der Waals surface area contributed by atoms with Crippen molar-refractivity contribution in [3.8, 4) is 5.75 Å². The normalized spacial score (nSPS) is 20.8. The molecule has 2 saturated heterocycles. The number of methoxy groups -OCH3 is 1. The first kappa shape index (κ1) is 19.4. The minimum atomic E-state index is -0.123. The first-order chi connectivity index (χ1) is 14.1. The van der Waals surface area contributed by atoms with Crippen LogP contribution in [-0.2, 0) is 11.8 Å². The Balaban J connectivity index is 1.37. The number of hydrogen-bond donors (Lipinski definition) is 0. The van der Waals surface area contributed by atoms with E-state index in [1.165, 1.54) is 0 Å². The SMILES string of the molecule is COc1ccc(C(=O)N2CCN([C@@H]3CCCN(c4cnn(C)c4)C3=O)CC2)cc1. The molecule has 2 aromatic rings. The van der Waals surface area contributed by atoms with Gasteiger partial charge in [0.05, 0.1) is 25.0 Å². The molecule has 1 aromatic carbocycles. The number of piperidine rings is 1. The number of aromatic nitrogens is 2. The number of carbonyl (C=O) groups is 2. The van der Waals surface area contributed by atoms with Gasteiger partial charge < -0.3 is 14.5 Å². The maximum Gasteiger partial charge on any atom is 0.253 e. The van der Waals surface area contributed by atoms with Crippen LogP contribution in [0.1, 0.15) is 23.2 Å². The Bertz CT molecular complexity index is 871. The number of carbonyl (C=O) groups excluding carboxylic acids is 2. The van der Waals surface area contributed by atoms with E-state index in [1.807, 2.05) is 23.0 Å². The molecule has 2 aliphatic heterocycles. The number of piperazine rings is 1. The molecule has 8 heteroatoms. The molecule has 2 amide bonds. The van der Waals surface area contributed by atoms with Gasteiger partial charge in [-0.05, 0) is 37.1 Å². The zero-order valence-electron chi connectivity index (χ0n) is 17.0. The summed E-state index contributed by atoms with van der Waals surface area (Å²) in [6.45, 7) is 3.40. The van der Waals surface area contributed by atoms with E-state index in [0.29, 0.717) is 31.7 Å². The van der Waals surface area contributed by atoms with Gasteiger partial charge in [-0.1, -0.05) is 0 Å². The van der Waals surface area contributed by atoms with Gasteiger partial charge in [-0.25, -0.2) is 0 Å². The van der Waals surface area contributed by atoms with Gasteiger partial charge in [-0.2, -0.15) is 5.10 Å². The lowest BCUT2D eigenvalue weighted by Gasteiger charge is -2.42. The second kappa shape index (κ2) is 8.24. The average Bonchev–Trinajstić information content (AvgIpc) is 3.19. The predicted octanol–water partition coefficient (Wildman–Crippen LogP) is 1.38. The molecule has 0 saturated carbocycles. The molecule has 154 valence electrons. The highest BCUT2D eigenvalue weighted by molar-refractivity contribution is 5.98. The van der Waals surface area contributed by atoms with Crippen molar-refractivity contribution in [2.24, 2.45) is 7.05 Å². The zero-order valence-corrected chi connectivity index (χ0v) is 17.0. The number of anilines is 1. The molecule has 0 radical (unpaired) electrons. The van der Waals surface area contributed by atoms with Crippen LogP contribution in [0.4, 0.5) is 5.69 Å². The molecule has 0 spiro atoms. The van der Waals surface area contributed by atoms with Crippen LogP contribution in [0.15, 0.2) is 36.7 Å². The van der Waals surface area contributed by atoms with E-state index in [4.69, 9.17) is 4.74 Å². The topological polar surface area (TPSA) is 70.9 Å². The lowest BCUT2D eigenvalue weighted by atomic mass is 10.0. The molecule has 0 aliphatic carbocycles. The molecule has 3 heterocycles. The summed E-state index contributed by atoms with van der Waals surface area (Å²) in [7, 11) is 3.46. The number of amides is 2. The van der Waals surface area contributed by atoms with E-state index in [1.54, 1.807) is 42.3 Å². The smallest absolute Gasteiger partial charge is 0.253 e. The van der Waals surface area contributed by atoms with Crippen LogP contribution in [0.25, 0.3) is 0 Å². The van der Waals surface area contributed by atoms with Crippen molar-refractivity contribution < 1.29 is 14.3 Å². The van der Waals surface area contributed by atoms with Gasteiger partial charge in [0.1, 0.15) is 5.75 Å². The van der Waals surface area contributed by atoms with E-state index >= 15 is 0 Å². The summed E-state index contributed by atoms with van der Waals surface area (Å²) in [4.78, 5) is 31.8. The highest BCUT2D eigenvalue weighted by Crippen LogP contribution is 2.24. The second-order valence-corrected chi connectivity index (χ2v) is 7.58. The molecule has 0 bridgehead atoms. The van der Waals surface area contributed by atoms with Crippen molar-refractivity contribution in [1.29, 1.82) is 0 Å². The Labute approximate surface area is 170 Å². The fourth-order valence-corrected chi connectivity index (χ4v) is 4.15. The zero-order chi connectivity index (χ0) is 20.4. The molecule has 1 aromatic heterocycles. The van der Waals surface area contributed by atoms with E-state index in [-0.39, 0.29) is 17.9 Å². The van der Waals surface area contributed by atoms with Crippen molar-refractivity contribution in [2.75, 3.05) is 44.7 Å². The third-order valence-electron chi connectivity index (χ3n) is 5.79. The third-order valence-corrected chi connectivity index (χ3v) is 5.79. The molecule has 8 nitrogen and oxygen atoms in total. The molecule has 1 atom stereocenters. The van der Waals surface area contributed by atoms with Crippen molar-refractivity contribution in [3.05, 3.63) is 42.2 Å². The lowest BCUT2D eigenvalue weighted by molar-refractivity contribution is -0.126. The summed E-state index contributed by atoms with van der Waals surface area (Å²) in [6.07, 6.45) is 5.45.